The minimum absolute atomic E-state index is 0.208. The molecule has 2 rings (SSSR count). The van der Waals surface area contributed by atoms with E-state index in [4.69, 9.17) is 11.6 Å². The maximum Gasteiger partial charge on any atom is 0.161 e. The van der Waals surface area contributed by atoms with Crippen LogP contribution in [-0.2, 0) is 5.41 Å². The summed E-state index contributed by atoms with van der Waals surface area (Å²) in [6.07, 6.45) is 0. The van der Waals surface area contributed by atoms with Crippen molar-refractivity contribution in [3.63, 3.8) is 0 Å². The molecule has 2 aromatic rings. The van der Waals surface area contributed by atoms with Crippen molar-refractivity contribution < 1.29 is 8.78 Å². The van der Waals surface area contributed by atoms with Crippen molar-refractivity contribution in [3.8, 4) is 11.4 Å². The Bertz CT molecular complexity index is 621. The normalized spacial score (nSPS) is 11.7. The van der Waals surface area contributed by atoms with Crippen molar-refractivity contribution in [2.45, 2.75) is 26.2 Å². The molecule has 0 saturated heterocycles. The van der Waals surface area contributed by atoms with Gasteiger partial charge in [0.15, 0.2) is 17.5 Å². The van der Waals surface area contributed by atoms with Crippen molar-refractivity contribution in [3.05, 3.63) is 46.7 Å². The fraction of sp³-hybridized carbons (Fsp3) is 0.286. The lowest BCUT2D eigenvalue weighted by atomic mass is 9.92. The lowest BCUT2D eigenvalue weighted by molar-refractivity contribution is 0.509. The number of rotatable bonds is 1. The summed E-state index contributed by atoms with van der Waals surface area (Å²) < 4.78 is 26.2. The Morgan fingerprint density at radius 1 is 1.00 bits per heavy atom. The monoisotopic (exact) mass is 282 g/mol. The second kappa shape index (κ2) is 4.85. The number of aromatic nitrogens is 2. The van der Waals surface area contributed by atoms with Crippen molar-refractivity contribution in [2.24, 2.45) is 0 Å². The van der Waals surface area contributed by atoms with Gasteiger partial charge >= 0.3 is 0 Å². The largest absolute Gasteiger partial charge is 0.232 e. The van der Waals surface area contributed by atoms with Crippen LogP contribution in [-0.4, -0.2) is 9.97 Å². The van der Waals surface area contributed by atoms with Gasteiger partial charge in [-0.15, -0.1) is 0 Å². The zero-order valence-corrected chi connectivity index (χ0v) is 11.6. The zero-order chi connectivity index (χ0) is 14.2. The lowest BCUT2D eigenvalue weighted by Crippen LogP contribution is -2.14. The van der Waals surface area contributed by atoms with E-state index in [9.17, 15) is 8.78 Å². The van der Waals surface area contributed by atoms with Crippen LogP contribution in [0.15, 0.2) is 24.3 Å². The first kappa shape index (κ1) is 13.9. The third-order valence-electron chi connectivity index (χ3n) is 2.64. The summed E-state index contributed by atoms with van der Waals surface area (Å²) in [6, 6.07) is 5.21. The highest BCUT2D eigenvalue weighted by atomic mass is 35.5. The van der Waals surface area contributed by atoms with Crippen molar-refractivity contribution in [1.29, 1.82) is 0 Å². The molecule has 0 N–H and O–H groups in total. The smallest absolute Gasteiger partial charge is 0.161 e. The molecular formula is C14H13ClF2N2. The predicted octanol–water partition coefficient (Wildman–Crippen LogP) is 4.37. The molecule has 0 atom stereocenters. The van der Waals surface area contributed by atoms with Gasteiger partial charge in [0.1, 0.15) is 5.15 Å². The molecule has 19 heavy (non-hydrogen) atoms. The van der Waals surface area contributed by atoms with E-state index in [1.807, 2.05) is 20.8 Å². The van der Waals surface area contributed by atoms with Gasteiger partial charge in [-0.2, -0.15) is 0 Å². The maximum absolute atomic E-state index is 13.2. The first-order chi connectivity index (χ1) is 8.77. The average Bonchev–Trinajstić information content (AvgIpc) is 2.31. The minimum atomic E-state index is -0.932. The van der Waals surface area contributed by atoms with Gasteiger partial charge in [0.2, 0.25) is 0 Å². The summed E-state index contributed by atoms with van der Waals surface area (Å²) in [4.78, 5) is 8.41. The van der Waals surface area contributed by atoms with Gasteiger partial charge in [-0.3, -0.25) is 0 Å². The van der Waals surface area contributed by atoms with Gasteiger partial charge in [0.25, 0.3) is 0 Å². The van der Waals surface area contributed by atoms with E-state index in [1.54, 1.807) is 6.07 Å². The summed E-state index contributed by atoms with van der Waals surface area (Å²) in [6.45, 7) is 5.96. The SMILES string of the molecule is CC(C)(C)c1cc(Cl)nc(-c2ccc(F)c(F)c2)n1. The van der Waals surface area contributed by atoms with Gasteiger partial charge in [-0.05, 0) is 24.3 Å². The Morgan fingerprint density at radius 2 is 1.68 bits per heavy atom. The van der Waals surface area contributed by atoms with E-state index in [2.05, 4.69) is 9.97 Å². The molecule has 0 aliphatic heterocycles. The van der Waals surface area contributed by atoms with Crippen LogP contribution < -0.4 is 0 Å². The summed E-state index contributed by atoms with van der Waals surface area (Å²) in [5.41, 5.74) is 0.930. The molecule has 0 radical (unpaired) electrons. The Labute approximate surface area is 115 Å². The van der Waals surface area contributed by atoms with Crippen LogP contribution in [0.2, 0.25) is 5.15 Å². The van der Waals surface area contributed by atoms with Crippen LogP contribution >= 0.6 is 11.6 Å². The van der Waals surface area contributed by atoms with E-state index in [-0.39, 0.29) is 16.4 Å². The molecule has 0 aliphatic carbocycles. The van der Waals surface area contributed by atoms with Gasteiger partial charge in [-0.1, -0.05) is 32.4 Å². The molecule has 0 saturated carbocycles. The Balaban J connectivity index is 2.56. The topological polar surface area (TPSA) is 25.8 Å². The van der Waals surface area contributed by atoms with E-state index >= 15 is 0 Å². The quantitative estimate of drug-likeness (QED) is 0.726. The second-order valence-corrected chi connectivity index (χ2v) is 5.67. The molecule has 1 heterocycles. The summed E-state index contributed by atoms with van der Waals surface area (Å²) in [5.74, 6) is -1.54. The zero-order valence-electron chi connectivity index (χ0n) is 10.8. The number of hydrogen-bond acceptors (Lipinski definition) is 2. The highest BCUT2D eigenvalue weighted by molar-refractivity contribution is 6.29. The van der Waals surface area contributed by atoms with Crippen LogP contribution in [0.1, 0.15) is 26.5 Å². The first-order valence-electron chi connectivity index (χ1n) is 5.78. The molecule has 1 aromatic carbocycles. The van der Waals surface area contributed by atoms with Crippen LogP contribution in [0.4, 0.5) is 8.78 Å². The predicted molar refractivity (Wildman–Crippen MR) is 71.1 cm³/mol. The third-order valence-corrected chi connectivity index (χ3v) is 2.83. The molecule has 0 spiro atoms. The number of hydrogen-bond donors (Lipinski definition) is 0. The summed E-state index contributed by atoms with van der Waals surface area (Å²) in [5, 5.41) is 0.277. The second-order valence-electron chi connectivity index (χ2n) is 5.28. The summed E-state index contributed by atoms with van der Waals surface area (Å²) >= 11 is 5.96. The highest BCUT2D eigenvalue weighted by Crippen LogP contribution is 2.26. The molecular weight excluding hydrogens is 270 g/mol. The molecule has 2 nitrogen and oxygen atoms in total. The fourth-order valence-corrected chi connectivity index (χ4v) is 1.75. The first-order valence-corrected chi connectivity index (χ1v) is 6.15. The molecule has 0 unspecified atom stereocenters. The van der Waals surface area contributed by atoms with Crippen molar-refractivity contribution >= 4 is 11.6 Å². The Kier molecular flexibility index (Phi) is 3.54. The minimum Gasteiger partial charge on any atom is -0.232 e. The molecule has 100 valence electrons. The molecule has 0 aliphatic rings. The van der Waals surface area contributed by atoms with Gasteiger partial charge < -0.3 is 0 Å². The average molecular weight is 283 g/mol. The van der Waals surface area contributed by atoms with E-state index in [0.29, 0.717) is 5.56 Å². The number of nitrogens with zero attached hydrogens (tertiary/aromatic N) is 2. The Hall–Kier alpha value is -1.55. The molecule has 0 bridgehead atoms. The molecule has 1 aromatic heterocycles. The molecule has 0 fully saturated rings. The van der Waals surface area contributed by atoms with Gasteiger partial charge in [-0.25, -0.2) is 18.7 Å². The van der Waals surface area contributed by atoms with Crippen molar-refractivity contribution in [2.75, 3.05) is 0 Å². The third kappa shape index (κ3) is 3.07. The van der Waals surface area contributed by atoms with E-state index in [1.165, 1.54) is 6.07 Å². The van der Waals surface area contributed by atoms with Crippen LogP contribution in [0, 0.1) is 11.6 Å². The van der Waals surface area contributed by atoms with Crippen LogP contribution in [0.3, 0.4) is 0 Å². The number of benzene rings is 1. The number of halogens is 3. The van der Waals surface area contributed by atoms with Gasteiger partial charge in [0.05, 0.1) is 5.69 Å². The fourth-order valence-electron chi connectivity index (χ4n) is 1.57. The maximum atomic E-state index is 13.2. The highest BCUT2D eigenvalue weighted by Gasteiger charge is 2.18. The van der Waals surface area contributed by atoms with E-state index < -0.39 is 11.6 Å². The molecule has 0 amide bonds. The summed E-state index contributed by atoms with van der Waals surface area (Å²) in [7, 11) is 0. The van der Waals surface area contributed by atoms with Crippen LogP contribution in [0.5, 0.6) is 0 Å². The lowest BCUT2D eigenvalue weighted by Gasteiger charge is -2.18. The Morgan fingerprint density at radius 3 is 2.26 bits per heavy atom. The standard InChI is InChI=1S/C14H13ClF2N2/c1-14(2,3)11-7-12(15)19-13(18-11)8-4-5-9(16)10(17)6-8/h4-7H,1-3H3. The molecule has 5 heteroatoms. The van der Waals surface area contributed by atoms with Gasteiger partial charge in [0, 0.05) is 11.0 Å². The van der Waals surface area contributed by atoms with Crippen LogP contribution in [0.25, 0.3) is 11.4 Å². The van der Waals surface area contributed by atoms with Crippen molar-refractivity contribution in [1.82, 2.24) is 9.97 Å². The van der Waals surface area contributed by atoms with E-state index in [0.717, 1.165) is 17.8 Å².